The summed E-state index contributed by atoms with van der Waals surface area (Å²) in [4.78, 5) is 18.2. The van der Waals surface area contributed by atoms with E-state index in [1.54, 1.807) is 19.0 Å². The van der Waals surface area contributed by atoms with Crippen molar-refractivity contribution in [3.05, 3.63) is 35.4 Å². The second-order valence-electron chi connectivity index (χ2n) is 6.39. The highest BCUT2D eigenvalue weighted by Crippen LogP contribution is 2.13. The van der Waals surface area contributed by atoms with Crippen LogP contribution in [0.15, 0.2) is 24.3 Å². The Morgan fingerprint density at radius 2 is 2.09 bits per heavy atom. The van der Waals surface area contributed by atoms with Gasteiger partial charge in [-0.1, -0.05) is 12.1 Å². The quantitative estimate of drug-likeness (QED) is 0.818. The van der Waals surface area contributed by atoms with E-state index in [1.165, 1.54) is 5.56 Å². The van der Waals surface area contributed by atoms with Crippen LogP contribution in [0, 0.1) is 0 Å². The lowest BCUT2D eigenvalue weighted by Crippen LogP contribution is -2.45. The van der Waals surface area contributed by atoms with Crippen LogP contribution in [0.4, 0.5) is 0 Å². The molecular formula is C17H27N3O2. The molecule has 0 N–H and O–H groups in total. The summed E-state index contributed by atoms with van der Waals surface area (Å²) in [6.07, 6.45) is 0.260. The molecular weight excluding hydrogens is 278 g/mol. The summed E-state index contributed by atoms with van der Waals surface area (Å²) in [6, 6.07) is 7.92. The Hall–Kier alpha value is -1.43. The number of carbonyl (C=O) groups excluding carboxylic acids is 1. The van der Waals surface area contributed by atoms with Crippen LogP contribution in [-0.4, -0.2) is 81.1 Å². The molecule has 1 aliphatic rings. The second kappa shape index (κ2) is 7.72. The first-order chi connectivity index (χ1) is 10.5. The lowest BCUT2D eigenvalue weighted by Gasteiger charge is -2.34. The molecule has 0 spiro atoms. The number of amides is 1. The summed E-state index contributed by atoms with van der Waals surface area (Å²) in [6.45, 7) is 4.45. The minimum Gasteiger partial charge on any atom is -0.374 e. The Morgan fingerprint density at radius 1 is 1.32 bits per heavy atom. The van der Waals surface area contributed by atoms with Crippen LogP contribution in [0.3, 0.4) is 0 Å². The van der Waals surface area contributed by atoms with Crippen molar-refractivity contribution in [1.82, 2.24) is 14.7 Å². The van der Waals surface area contributed by atoms with Crippen LogP contribution >= 0.6 is 0 Å². The van der Waals surface area contributed by atoms with Gasteiger partial charge in [0.1, 0.15) is 0 Å². The molecule has 5 heteroatoms. The number of benzene rings is 1. The first-order valence-electron chi connectivity index (χ1n) is 7.75. The second-order valence-corrected chi connectivity index (χ2v) is 6.39. The number of rotatable bonds is 5. The summed E-state index contributed by atoms with van der Waals surface area (Å²) >= 11 is 0. The number of nitrogens with zero attached hydrogens (tertiary/aromatic N) is 3. The fourth-order valence-corrected chi connectivity index (χ4v) is 2.76. The van der Waals surface area contributed by atoms with Crippen molar-refractivity contribution >= 4 is 5.91 Å². The highest BCUT2D eigenvalue weighted by atomic mass is 16.5. The zero-order valence-electron chi connectivity index (χ0n) is 14.1. The first kappa shape index (κ1) is 16.9. The van der Waals surface area contributed by atoms with Crippen molar-refractivity contribution in [2.24, 2.45) is 0 Å². The Balaban J connectivity index is 1.98. The molecule has 0 radical (unpaired) electrons. The molecule has 1 aromatic rings. The maximum atomic E-state index is 12.0. The fourth-order valence-electron chi connectivity index (χ4n) is 2.76. The number of hydrogen-bond donors (Lipinski definition) is 0. The number of ether oxygens (including phenoxy) is 1. The molecule has 1 aliphatic heterocycles. The van der Waals surface area contributed by atoms with E-state index >= 15 is 0 Å². The van der Waals surface area contributed by atoms with Crippen molar-refractivity contribution in [3.8, 4) is 0 Å². The van der Waals surface area contributed by atoms with E-state index < -0.39 is 0 Å². The van der Waals surface area contributed by atoms with Crippen molar-refractivity contribution in [2.75, 3.05) is 54.4 Å². The van der Waals surface area contributed by atoms with Gasteiger partial charge in [-0.05, 0) is 31.8 Å². The fraction of sp³-hybridized carbons (Fsp3) is 0.588. The number of morpholine rings is 1. The van der Waals surface area contributed by atoms with E-state index in [2.05, 4.69) is 30.0 Å². The molecule has 2 rings (SSSR count). The Labute approximate surface area is 133 Å². The molecule has 1 heterocycles. The van der Waals surface area contributed by atoms with Crippen molar-refractivity contribution in [1.29, 1.82) is 0 Å². The lowest BCUT2D eigenvalue weighted by molar-refractivity contribution is -0.0406. The van der Waals surface area contributed by atoms with Crippen LogP contribution in [0.5, 0.6) is 0 Å². The zero-order chi connectivity index (χ0) is 16.1. The zero-order valence-corrected chi connectivity index (χ0v) is 14.1. The molecule has 0 aromatic heterocycles. The predicted molar refractivity (Wildman–Crippen MR) is 88.0 cm³/mol. The van der Waals surface area contributed by atoms with Crippen LogP contribution in [-0.2, 0) is 11.3 Å². The number of hydrogen-bond acceptors (Lipinski definition) is 4. The average Bonchev–Trinajstić information content (AvgIpc) is 2.46. The molecule has 5 nitrogen and oxygen atoms in total. The highest BCUT2D eigenvalue weighted by molar-refractivity contribution is 5.94. The van der Waals surface area contributed by atoms with Crippen LogP contribution in [0.1, 0.15) is 15.9 Å². The number of carbonyl (C=O) groups is 1. The van der Waals surface area contributed by atoms with E-state index in [4.69, 9.17) is 4.74 Å². The molecule has 1 atom stereocenters. The van der Waals surface area contributed by atoms with Gasteiger partial charge in [-0.3, -0.25) is 9.69 Å². The maximum Gasteiger partial charge on any atom is 0.253 e. The van der Waals surface area contributed by atoms with Gasteiger partial charge in [-0.2, -0.15) is 0 Å². The largest absolute Gasteiger partial charge is 0.374 e. The summed E-state index contributed by atoms with van der Waals surface area (Å²) in [5.74, 6) is 0.0503. The van der Waals surface area contributed by atoms with E-state index in [1.807, 2.05) is 18.2 Å². The third-order valence-electron chi connectivity index (χ3n) is 3.78. The summed E-state index contributed by atoms with van der Waals surface area (Å²) in [5.41, 5.74) is 1.93. The molecule has 0 bridgehead atoms. The Kier molecular flexibility index (Phi) is 5.94. The smallest absolute Gasteiger partial charge is 0.253 e. The van der Waals surface area contributed by atoms with E-state index in [0.29, 0.717) is 0 Å². The van der Waals surface area contributed by atoms with Gasteiger partial charge in [-0.15, -0.1) is 0 Å². The molecule has 0 unspecified atom stereocenters. The van der Waals surface area contributed by atoms with Gasteiger partial charge in [0.25, 0.3) is 5.91 Å². The third kappa shape index (κ3) is 4.80. The normalized spacial score (nSPS) is 19.4. The summed E-state index contributed by atoms with van der Waals surface area (Å²) in [7, 11) is 7.70. The van der Waals surface area contributed by atoms with Crippen molar-refractivity contribution in [3.63, 3.8) is 0 Å². The minimum absolute atomic E-state index is 0.0503. The van der Waals surface area contributed by atoms with E-state index in [-0.39, 0.29) is 12.0 Å². The molecule has 0 aliphatic carbocycles. The molecule has 1 amide bonds. The van der Waals surface area contributed by atoms with Gasteiger partial charge in [0, 0.05) is 45.8 Å². The predicted octanol–water partition coefficient (Wildman–Crippen LogP) is 1.15. The third-order valence-corrected chi connectivity index (χ3v) is 3.78. The van der Waals surface area contributed by atoms with Crippen LogP contribution in [0.25, 0.3) is 0 Å². The standard InChI is InChI=1S/C17H27N3O2/c1-18(2)12-16-13-20(8-9-22-16)11-14-6-5-7-15(10-14)17(21)19(3)4/h5-7,10,16H,8-9,11-13H2,1-4H3/t16-/m0/s1. The molecule has 122 valence electrons. The monoisotopic (exact) mass is 305 g/mol. The Bertz CT molecular complexity index is 502. The number of likely N-dealkylation sites (N-methyl/N-ethyl adjacent to an activating group) is 1. The van der Waals surface area contributed by atoms with Gasteiger partial charge >= 0.3 is 0 Å². The lowest BCUT2D eigenvalue weighted by atomic mass is 10.1. The van der Waals surface area contributed by atoms with Crippen LogP contribution < -0.4 is 0 Å². The van der Waals surface area contributed by atoms with Gasteiger partial charge in [0.15, 0.2) is 0 Å². The van der Waals surface area contributed by atoms with Crippen molar-refractivity contribution < 1.29 is 9.53 Å². The maximum absolute atomic E-state index is 12.0. The summed E-state index contributed by atoms with van der Waals surface area (Å²) < 4.78 is 5.81. The average molecular weight is 305 g/mol. The van der Waals surface area contributed by atoms with Gasteiger partial charge in [-0.25, -0.2) is 0 Å². The topological polar surface area (TPSA) is 36.0 Å². The molecule has 1 aromatic carbocycles. The highest BCUT2D eigenvalue weighted by Gasteiger charge is 2.21. The molecule has 1 saturated heterocycles. The minimum atomic E-state index is 0.0503. The van der Waals surface area contributed by atoms with E-state index in [0.717, 1.165) is 38.3 Å². The molecule has 1 fully saturated rings. The molecule has 22 heavy (non-hydrogen) atoms. The van der Waals surface area contributed by atoms with Gasteiger partial charge < -0.3 is 14.5 Å². The summed E-state index contributed by atoms with van der Waals surface area (Å²) in [5, 5.41) is 0. The Morgan fingerprint density at radius 3 is 2.77 bits per heavy atom. The van der Waals surface area contributed by atoms with Crippen LogP contribution in [0.2, 0.25) is 0 Å². The van der Waals surface area contributed by atoms with Gasteiger partial charge in [0.2, 0.25) is 0 Å². The SMILES string of the molecule is CN(C)C[C@H]1CN(Cc2cccc(C(=O)N(C)C)c2)CCO1. The van der Waals surface area contributed by atoms with E-state index in [9.17, 15) is 4.79 Å². The van der Waals surface area contributed by atoms with Crippen molar-refractivity contribution in [2.45, 2.75) is 12.6 Å². The molecule has 0 saturated carbocycles. The van der Waals surface area contributed by atoms with Gasteiger partial charge in [0.05, 0.1) is 12.7 Å². The first-order valence-corrected chi connectivity index (χ1v) is 7.75.